The maximum Gasteiger partial charge on any atom is 0.260 e. The van der Waals surface area contributed by atoms with E-state index >= 15 is 0 Å². The highest BCUT2D eigenvalue weighted by molar-refractivity contribution is 7.21. The number of anilines is 2. The summed E-state index contributed by atoms with van der Waals surface area (Å²) in [6, 6.07) is 2.42. The molecule has 1 fully saturated rings. The highest BCUT2D eigenvalue weighted by Crippen LogP contribution is 2.37. The number of aromatic nitrogens is 5. The minimum absolute atomic E-state index is 0.0497. The van der Waals surface area contributed by atoms with Gasteiger partial charge in [0, 0.05) is 37.7 Å². The molecule has 12 heteroatoms. The minimum Gasteiger partial charge on any atom is -0.477 e. The van der Waals surface area contributed by atoms with Gasteiger partial charge in [-0.25, -0.2) is 9.20 Å². The van der Waals surface area contributed by atoms with Crippen LogP contribution in [-0.4, -0.2) is 66.3 Å². The van der Waals surface area contributed by atoms with Gasteiger partial charge in [0.25, 0.3) is 5.91 Å². The minimum atomic E-state index is -0.293. The number of fused-ring (bicyclic) bond motifs is 2. The van der Waals surface area contributed by atoms with E-state index in [9.17, 15) is 9.59 Å². The molecule has 2 amide bonds. The van der Waals surface area contributed by atoms with Gasteiger partial charge in [0.05, 0.1) is 58.3 Å². The molecule has 11 nitrogen and oxygen atoms in total. The first-order valence-electron chi connectivity index (χ1n) is 13.4. The predicted molar refractivity (Wildman–Crippen MR) is 149 cm³/mol. The molecule has 0 aliphatic carbocycles. The third-order valence-electron chi connectivity index (χ3n) is 7.38. The molecule has 2 aliphatic rings. The van der Waals surface area contributed by atoms with Crippen LogP contribution in [-0.2, 0) is 11.3 Å². The average molecular weight is 549 g/mol. The molecule has 6 heterocycles. The Bertz CT molecular complexity index is 1540. The first kappa shape index (κ1) is 25.5. The number of carbonyl (C=O) groups excluding carboxylic acids is 2. The van der Waals surface area contributed by atoms with E-state index in [-0.39, 0.29) is 17.9 Å². The van der Waals surface area contributed by atoms with Crippen molar-refractivity contribution < 1.29 is 14.3 Å². The molecule has 204 valence electrons. The summed E-state index contributed by atoms with van der Waals surface area (Å²) >= 11 is 1.46. The number of ether oxygens (including phenoxy) is 1. The Hall–Kier alpha value is -3.77. The molecule has 4 aromatic heterocycles. The van der Waals surface area contributed by atoms with Crippen LogP contribution >= 0.6 is 11.3 Å². The van der Waals surface area contributed by atoms with E-state index in [1.54, 1.807) is 29.2 Å². The Morgan fingerprint density at radius 3 is 2.87 bits per heavy atom. The maximum atomic E-state index is 13.3. The van der Waals surface area contributed by atoms with Crippen LogP contribution in [0.15, 0.2) is 30.9 Å². The third-order valence-corrected chi connectivity index (χ3v) is 8.52. The van der Waals surface area contributed by atoms with Crippen LogP contribution in [0.3, 0.4) is 0 Å². The van der Waals surface area contributed by atoms with Crippen molar-refractivity contribution in [1.82, 2.24) is 29.3 Å². The van der Waals surface area contributed by atoms with Gasteiger partial charge < -0.3 is 15.4 Å². The zero-order valence-electron chi connectivity index (χ0n) is 22.3. The highest BCUT2D eigenvalue weighted by Gasteiger charge is 2.28. The van der Waals surface area contributed by atoms with Crippen LogP contribution < -0.4 is 15.4 Å². The first-order valence-corrected chi connectivity index (χ1v) is 14.2. The van der Waals surface area contributed by atoms with Gasteiger partial charge in [-0.05, 0) is 46.2 Å². The molecular weight excluding hydrogens is 516 g/mol. The monoisotopic (exact) mass is 548 g/mol. The zero-order valence-corrected chi connectivity index (χ0v) is 23.1. The number of rotatable bonds is 7. The molecule has 0 saturated carbocycles. The number of hydrogen-bond acceptors (Lipinski definition) is 8. The largest absolute Gasteiger partial charge is 0.477 e. The standard InChI is InChI=1S/C27H32N8O3S/c1-16(2)33-7-4-6-19(33)11-24(36)31-18-10-22(17(3)28-12-18)32-25(37)21-14-30-35-15-23(39-27(21)35)20-13-29-34-8-5-9-38-26(20)34/h10,12-16,19H,4-9,11H2,1-3H3,(H,31,36)(H,32,37)/t19-/m1/s1. The molecule has 2 aliphatic heterocycles. The lowest BCUT2D eigenvalue weighted by Gasteiger charge is -2.27. The second-order valence-electron chi connectivity index (χ2n) is 10.4. The summed E-state index contributed by atoms with van der Waals surface area (Å²) in [5.74, 6) is 0.409. The quantitative estimate of drug-likeness (QED) is 0.355. The highest BCUT2D eigenvalue weighted by atomic mass is 32.1. The van der Waals surface area contributed by atoms with Crippen molar-refractivity contribution in [2.24, 2.45) is 0 Å². The van der Waals surface area contributed by atoms with E-state index in [0.29, 0.717) is 41.7 Å². The Labute approximate surface area is 230 Å². The Morgan fingerprint density at radius 2 is 2.03 bits per heavy atom. The number of carbonyl (C=O) groups is 2. The SMILES string of the molecule is Cc1ncc(NC(=O)C[C@H]2CCCN2C(C)C)cc1NC(=O)c1cnn2cc(-c3cnn4c3OCCC4)sc12. The molecule has 39 heavy (non-hydrogen) atoms. The maximum absolute atomic E-state index is 13.3. The molecule has 0 radical (unpaired) electrons. The van der Waals surface area contributed by atoms with Crippen molar-refractivity contribution in [2.45, 2.75) is 65.1 Å². The Balaban J connectivity index is 1.17. The lowest BCUT2D eigenvalue weighted by atomic mass is 10.1. The van der Waals surface area contributed by atoms with Crippen molar-refractivity contribution in [1.29, 1.82) is 0 Å². The van der Waals surface area contributed by atoms with Gasteiger partial charge in [0.1, 0.15) is 4.83 Å². The number of nitrogens with one attached hydrogen (secondary N) is 2. The Morgan fingerprint density at radius 1 is 1.15 bits per heavy atom. The summed E-state index contributed by atoms with van der Waals surface area (Å²) in [5, 5.41) is 14.7. The van der Waals surface area contributed by atoms with Crippen LogP contribution in [0.1, 0.15) is 55.6 Å². The van der Waals surface area contributed by atoms with Gasteiger partial charge in [-0.2, -0.15) is 10.2 Å². The summed E-state index contributed by atoms with van der Waals surface area (Å²) in [4.78, 5) is 34.5. The van der Waals surface area contributed by atoms with Crippen molar-refractivity contribution in [2.75, 3.05) is 23.8 Å². The van der Waals surface area contributed by atoms with E-state index in [1.807, 2.05) is 17.8 Å². The number of pyridine rings is 1. The Kier molecular flexibility index (Phi) is 6.81. The molecule has 2 N–H and O–H groups in total. The van der Waals surface area contributed by atoms with Crippen molar-refractivity contribution in [3.05, 3.63) is 42.1 Å². The number of likely N-dealkylation sites (tertiary alicyclic amines) is 1. The zero-order chi connectivity index (χ0) is 27.1. The normalized spacial score (nSPS) is 17.4. The van der Waals surface area contributed by atoms with Crippen LogP contribution in [0.25, 0.3) is 15.3 Å². The molecule has 1 saturated heterocycles. The number of amides is 2. The molecule has 6 rings (SSSR count). The van der Waals surface area contributed by atoms with Gasteiger partial charge in [-0.15, -0.1) is 11.3 Å². The van der Waals surface area contributed by atoms with E-state index in [1.165, 1.54) is 11.3 Å². The van der Waals surface area contributed by atoms with Crippen molar-refractivity contribution in [3.8, 4) is 16.3 Å². The van der Waals surface area contributed by atoms with Crippen LogP contribution in [0, 0.1) is 6.92 Å². The molecular formula is C27H32N8O3S. The molecule has 0 bridgehead atoms. The predicted octanol–water partition coefficient (Wildman–Crippen LogP) is 4.20. The summed E-state index contributed by atoms with van der Waals surface area (Å²) in [5.41, 5.74) is 3.10. The summed E-state index contributed by atoms with van der Waals surface area (Å²) in [7, 11) is 0. The summed E-state index contributed by atoms with van der Waals surface area (Å²) in [6.07, 6.45) is 10.4. The lowest BCUT2D eigenvalue weighted by Crippen LogP contribution is -2.37. The second kappa shape index (κ2) is 10.4. The smallest absolute Gasteiger partial charge is 0.260 e. The second-order valence-corrected chi connectivity index (χ2v) is 11.4. The molecule has 1 atom stereocenters. The van der Waals surface area contributed by atoms with Crippen LogP contribution in [0.2, 0.25) is 0 Å². The average Bonchev–Trinajstić information content (AvgIpc) is 3.69. The summed E-state index contributed by atoms with van der Waals surface area (Å²) in [6.45, 7) is 8.68. The molecule has 4 aromatic rings. The van der Waals surface area contributed by atoms with E-state index in [0.717, 1.165) is 53.5 Å². The molecule has 0 unspecified atom stereocenters. The number of hydrogen-bond donors (Lipinski definition) is 2. The van der Waals surface area contributed by atoms with E-state index in [2.05, 4.69) is 44.6 Å². The first-order chi connectivity index (χ1) is 18.9. The van der Waals surface area contributed by atoms with Crippen molar-refractivity contribution in [3.63, 3.8) is 0 Å². The topological polar surface area (TPSA) is 119 Å². The molecule has 0 aromatic carbocycles. The van der Waals surface area contributed by atoms with Gasteiger partial charge in [-0.3, -0.25) is 19.5 Å². The van der Waals surface area contributed by atoms with Gasteiger partial charge in [0.15, 0.2) is 0 Å². The molecule has 0 spiro atoms. The third kappa shape index (κ3) is 5.01. The number of nitrogens with zero attached hydrogens (tertiary/aromatic N) is 6. The lowest BCUT2D eigenvalue weighted by molar-refractivity contribution is -0.117. The van der Waals surface area contributed by atoms with Gasteiger partial charge in [-0.1, -0.05) is 0 Å². The van der Waals surface area contributed by atoms with E-state index < -0.39 is 0 Å². The van der Waals surface area contributed by atoms with Crippen molar-refractivity contribution >= 4 is 39.4 Å². The number of aryl methyl sites for hydroxylation is 2. The van der Waals surface area contributed by atoms with Gasteiger partial charge in [0.2, 0.25) is 11.8 Å². The fraction of sp³-hybridized carbons (Fsp3) is 0.444. The summed E-state index contributed by atoms with van der Waals surface area (Å²) < 4.78 is 9.41. The van der Waals surface area contributed by atoms with Gasteiger partial charge >= 0.3 is 0 Å². The fourth-order valence-electron chi connectivity index (χ4n) is 5.41. The van der Waals surface area contributed by atoms with Crippen LogP contribution in [0.4, 0.5) is 11.4 Å². The van der Waals surface area contributed by atoms with E-state index in [4.69, 9.17) is 4.74 Å². The number of thiazole rings is 1. The fourth-order valence-corrected chi connectivity index (χ4v) is 6.46. The van der Waals surface area contributed by atoms with Crippen LogP contribution in [0.5, 0.6) is 5.88 Å².